The van der Waals surface area contributed by atoms with Crippen LogP contribution < -0.4 is 14.8 Å². The van der Waals surface area contributed by atoms with Gasteiger partial charge in [-0.15, -0.1) is 0 Å². The number of fused-ring (bicyclic) bond motifs is 1. The first kappa shape index (κ1) is 21.1. The number of carbonyl (C=O) groups excluding carboxylic acids is 1. The van der Waals surface area contributed by atoms with E-state index in [0.717, 1.165) is 5.39 Å². The standard InChI is InChI=1S/C22H23N3O5S/c1-29-18-11-10-16(14-19(18)30-2)24-22(26)17-8-5-13-25(17)31(27,28)20-9-3-6-15-7-4-12-23-21(15)20/h3-4,6-7,9-12,14,17H,5,8,13H2,1-2H3,(H,24,26). The monoisotopic (exact) mass is 441 g/mol. The molecular formula is C22H23N3O5S. The molecule has 0 spiro atoms. The molecule has 8 nitrogen and oxygen atoms in total. The molecule has 1 aliphatic rings. The molecule has 2 aromatic carbocycles. The molecule has 9 heteroatoms. The lowest BCUT2D eigenvalue weighted by Crippen LogP contribution is -2.43. The normalized spacial score (nSPS) is 16.9. The second-order valence-corrected chi connectivity index (χ2v) is 9.02. The summed E-state index contributed by atoms with van der Waals surface area (Å²) in [7, 11) is -0.876. The van der Waals surface area contributed by atoms with Crippen molar-refractivity contribution in [1.82, 2.24) is 9.29 Å². The van der Waals surface area contributed by atoms with Crippen molar-refractivity contribution in [2.75, 3.05) is 26.1 Å². The van der Waals surface area contributed by atoms with Crippen molar-refractivity contribution in [3.05, 3.63) is 54.7 Å². The molecule has 2 heterocycles. The van der Waals surface area contributed by atoms with Crippen LogP contribution in [0.4, 0.5) is 5.69 Å². The van der Waals surface area contributed by atoms with Gasteiger partial charge < -0.3 is 14.8 Å². The molecule has 1 N–H and O–H groups in total. The Morgan fingerprint density at radius 3 is 2.65 bits per heavy atom. The average Bonchev–Trinajstić information content (AvgIpc) is 3.29. The van der Waals surface area contributed by atoms with E-state index in [9.17, 15) is 13.2 Å². The third-order valence-corrected chi connectivity index (χ3v) is 7.28. The summed E-state index contributed by atoms with van der Waals surface area (Å²) in [5.41, 5.74) is 0.898. The number of pyridine rings is 1. The van der Waals surface area contributed by atoms with E-state index < -0.39 is 16.1 Å². The highest BCUT2D eigenvalue weighted by Gasteiger charge is 2.40. The summed E-state index contributed by atoms with van der Waals surface area (Å²) in [6.07, 6.45) is 2.60. The van der Waals surface area contributed by atoms with Gasteiger partial charge in [0, 0.05) is 29.9 Å². The Kier molecular flexibility index (Phi) is 5.79. The van der Waals surface area contributed by atoms with Gasteiger partial charge in [-0.3, -0.25) is 9.78 Å². The number of hydrogen-bond acceptors (Lipinski definition) is 6. The molecule has 0 bridgehead atoms. The molecule has 1 fully saturated rings. The number of amides is 1. The van der Waals surface area contributed by atoms with Gasteiger partial charge in [0.05, 0.1) is 19.7 Å². The molecule has 1 aromatic heterocycles. The lowest BCUT2D eigenvalue weighted by molar-refractivity contribution is -0.119. The molecule has 1 unspecified atom stereocenters. The van der Waals surface area contributed by atoms with Gasteiger partial charge in [0.2, 0.25) is 15.9 Å². The van der Waals surface area contributed by atoms with Crippen molar-refractivity contribution in [3.63, 3.8) is 0 Å². The first-order valence-electron chi connectivity index (χ1n) is 9.84. The van der Waals surface area contributed by atoms with E-state index >= 15 is 0 Å². The minimum Gasteiger partial charge on any atom is -0.493 e. The van der Waals surface area contributed by atoms with Crippen LogP contribution in [0.15, 0.2) is 59.6 Å². The van der Waals surface area contributed by atoms with Crippen molar-refractivity contribution >= 4 is 32.5 Å². The number of sulfonamides is 1. The van der Waals surface area contributed by atoms with E-state index in [1.807, 2.05) is 12.1 Å². The Hall–Kier alpha value is -3.17. The number of ether oxygens (including phenoxy) is 2. The molecule has 0 aliphatic carbocycles. The average molecular weight is 442 g/mol. The molecule has 1 amide bonds. The fraction of sp³-hybridized carbons (Fsp3) is 0.273. The number of anilines is 1. The van der Waals surface area contributed by atoms with Crippen LogP contribution in [0.3, 0.4) is 0 Å². The fourth-order valence-electron chi connectivity index (χ4n) is 3.84. The summed E-state index contributed by atoms with van der Waals surface area (Å²) in [5, 5.41) is 3.54. The Labute approximate surface area is 180 Å². The van der Waals surface area contributed by atoms with Crippen molar-refractivity contribution in [2.24, 2.45) is 0 Å². The zero-order chi connectivity index (χ0) is 22.0. The minimum atomic E-state index is -3.91. The van der Waals surface area contributed by atoms with Gasteiger partial charge in [0.25, 0.3) is 0 Å². The predicted molar refractivity (Wildman–Crippen MR) is 117 cm³/mol. The number of hydrogen-bond donors (Lipinski definition) is 1. The van der Waals surface area contributed by atoms with Gasteiger partial charge in [0.1, 0.15) is 10.9 Å². The zero-order valence-electron chi connectivity index (χ0n) is 17.2. The van der Waals surface area contributed by atoms with Crippen LogP contribution in [-0.4, -0.2) is 50.4 Å². The smallest absolute Gasteiger partial charge is 0.245 e. The highest BCUT2D eigenvalue weighted by atomic mass is 32.2. The van der Waals surface area contributed by atoms with Gasteiger partial charge in [-0.05, 0) is 37.1 Å². The van der Waals surface area contributed by atoms with Crippen molar-refractivity contribution in [3.8, 4) is 11.5 Å². The molecule has 3 aromatic rings. The van der Waals surface area contributed by atoms with Crippen LogP contribution in [0.1, 0.15) is 12.8 Å². The largest absolute Gasteiger partial charge is 0.493 e. The fourth-order valence-corrected chi connectivity index (χ4v) is 5.66. The van der Waals surface area contributed by atoms with Crippen molar-refractivity contribution in [1.29, 1.82) is 0 Å². The lowest BCUT2D eigenvalue weighted by atomic mass is 10.2. The topological polar surface area (TPSA) is 97.8 Å². The van der Waals surface area contributed by atoms with Gasteiger partial charge >= 0.3 is 0 Å². The number of carbonyl (C=O) groups is 1. The molecule has 4 rings (SSSR count). The Morgan fingerprint density at radius 1 is 1.10 bits per heavy atom. The van der Waals surface area contributed by atoms with Crippen LogP contribution in [0.5, 0.6) is 11.5 Å². The first-order valence-corrected chi connectivity index (χ1v) is 11.3. The summed E-state index contributed by atoms with van der Waals surface area (Å²) >= 11 is 0. The second kappa shape index (κ2) is 8.52. The van der Waals surface area contributed by atoms with E-state index in [-0.39, 0.29) is 17.3 Å². The number of methoxy groups -OCH3 is 2. The molecule has 1 atom stereocenters. The third kappa shape index (κ3) is 3.94. The summed E-state index contributed by atoms with van der Waals surface area (Å²) in [6, 6.07) is 12.8. The van der Waals surface area contributed by atoms with Crippen molar-refractivity contribution in [2.45, 2.75) is 23.8 Å². The zero-order valence-corrected chi connectivity index (χ0v) is 18.1. The predicted octanol–water partition coefficient (Wildman–Crippen LogP) is 3.04. The van der Waals surface area contributed by atoms with E-state index in [1.54, 1.807) is 36.5 Å². The molecule has 31 heavy (non-hydrogen) atoms. The van der Waals surface area contributed by atoms with Crippen LogP contribution in [-0.2, 0) is 14.8 Å². The van der Waals surface area contributed by atoms with E-state index in [0.29, 0.717) is 35.5 Å². The maximum Gasteiger partial charge on any atom is 0.245 e. The molecule has 162 valence electrons. The lowest BCUT2D eigenvalue weighted by Gasteiger charge is -2.24. The van der Waals surface area contributed by atoms with Crippen LogP contribution in [0.25, 0.3) is 10.9 Å². The van der Waals surface area contributed by atoms with Gasteiger partial charge in [-0.2, -0.15) is 4.31 Å². The molecule has 0 saturated carbocycles. The first-order chi connectivity index (χ1) is 15.0. The van der Waals surface area contributed by atoms with E-state index in [2.05, 4.69) is 10.3 Å². The highest BCUT2D eigenvalue weighted by molar-refractivity contribution is 7.89. The van der Waals surface area contributed by atoms with Crippen LogP contribution in [0.2, 0.25) is 0 Å². The number of aromatic nitrogens is 1. The number of nitrogens with one attached hydrogen (secondary N) is 1. The number of nitrogens with zero attached hydrogens (tertiary/aromatic N) is 2. The summed E-state index contributed by atoms with van der Waals surface area (Å²) in [6.45, 7) is 0.273. The number of benzene rings is 2. The van der Waals surface area contributed by atoms with Crippen LogP contribution in [0, 0.1) is 0 Å². The summed E-state index contributed by atoms with van der Waals surface area (Å²) < 4.78 is 38.7. The van der Waals surface area contributed by atoms with Gasteiger partial charge in [-0.1, -0.05) is 18.2 Å². The number of para-hydroxylation sites is 1. The van der Waals surface area contributed by atoms with Crippen molar-refractivity contribution < 1.29 is 22.7 Å². The summed E-state index contributed by atoms with van der Waals surface area (Å²) in [4.78, 5) is 17.4. The Morgan fingerprint density at radius 2 is 1.87 bits per heavy atom. The second-order valence-electron chi connectivity index (χ2n) is 7.16. The highest BCUT2D eigenvalue weighted by Crippen LogP contribution is 2.32. The quantitative estimate of drug-likeness (QED) is 0.631. The van der Waals surface area contributed by atoms with E-state index in [1.165, 1.54) is 24.6 Å². The molecule has 0 radical (unpaired) electrons. The number of rotatable bonds is 6. The maximum absolute atomic E-state index is 13.5. The molecule has 1 aliphatic heterocycles. The summed E-state index contributed by atoms with van der Waals surface area (Å²) in [5.74, 6) is 0.619. The van der Waals surface area contributed by atoms with Crippen LogP contribution >= 0.6 is 0 Å². The SMILES string of the molecule is COc1ccc(NC(=O)C2CCCN2S(=O)(=O)c2cccc3cccnc23)cc1OC. The minimum absolute atomic E-state index is 0.108. The Bertz CT molecular complexity index is 1220. The van der Waals surface area contributed by atoms with E-state index in [4.69, 9.17) is 9.47 Å². The molecule has 1 saturated heterocycles. The van der Waals surface area contributed by atoms with Gasteiger partial charge in [-0.25, -0.2) is 8.42 Å². The maximum atomic E-state index is 13.5. The van der Waals surface area contributed by atoms with Gasteiger partial charge in [0.15, 0.2) is 11.5 Å². The Balaban J connectivity index is 1.62. The molecular weight excluding hydrogens is 418 g/mol. The third-order valence-electron chi connectivity index (χ3n) is 5.34.